The van der Waals surface area contributed by atoms with E-state index in [0.29, 0.717) is 6.04 Å². The molecule has 1 amide bonds. The minimum absolute atomic E-state index is 0.138. The summed E-state index contributed by atoms with van der Waals surface area (Å²) < 4.78 is 0.930. The van der Waals surface area contributed by atoms with E-state index >= 15 is 0 Å². The lowest BCUT2D eigenvalue weighted by Gasteiger charge is -2.30. The van der Waals surface area contributed by atoms with Crippen LogP contribution in [0.1, 0.15) is 42.5 Å². The molecule has 0 saturated carbocycles. The number of nitrogens with zero attached hydrogens (tertiary/aromatic N) is 1. The van der Waals surface area contributed by atoms with Gasteiger partial charge in [0.1, 0.15) is 0 Å². The van der Waals surface area contributed by atoms with Gasteiger partial charge in [0, 0.05) is 37.2 Å². The predicted molar refractivity (Wildman–Crippen MR) is 103 cm³/mol. The van der Waals surface area contributed by atoms with Crippen molar-refractivity contribution in [1.82, 2.24) is 10.2 Å². The predicted octanol–water partition coefficient (Wildman–Crippen LogP) is 3.28. The van der Waals surface area contributed by atoms with E-state index in [9.17, 15) is 4.79 Å². The number of hydrogen-bond donors (Lipinski definition) is 3. The molecule has 2 heterocycles. The van der Waals surface area contributed by atoms with E-state index < -0.39 is 0 Å². The number of rotatable bonds is 4. The number of carbonyl (C=O) groups is 1. The number of carbonyl (C=O) groups excluding carboxylic acids is 1. The van der Waals surface area contributed by atoms with Gasteiger partial charge >= 0.3 is 0 Å². The minimum atomic E-state index is 0.138. The van der Waals surface area contributed by atoms with Crippen LogP contribution in [0.3, 0.4) is 0 Å². The first kappa shape index (κ1) is 17.5. The van der Waals surface area contributed by atoms with Crippen LogP contribution >= 0.6 is 15.9 Å². The van der Waals surface area contributed by atoms with Gasteiger partial charge in [-0.1, -0.05) is 15.9 Å². The lowest BCUT2D eigenvalue weighted by Crippen LogP contribution is -2.40. The molecule has 1 aromatic rings. The number of nitrogens with one attached hydrogen (secondary N) is 3. The van der Waals surface area contributed by atoms with Crippen LogP contribution < -0.4 is 16.0 Å². The van der Waals surface area contributed by atoms with Gasteiger partial charge in [-0.25, -0.2) is 0 Å². The third-order valence-electron chi connectivity index (χ3n) is 4.89. The summed E-state index contributed by atoms with van der Waals surface area (Å²) in [5, 5.41) is 10.3. The molecule has 0 aromatic heterocycles. The molecule has 0 aliphatic carbocycles. The van der Waals surface area contributed by atoms with Crippen molar-refractivity contribution < 1.29 is 4.79 Å². The lowest BCUT2D eigenvalue weighted by molar-refractivity contribution is 0.0725. The fraction of sp³-hybridized carbons (Fsp3) is 0.611. The van der Waals surface area contributed by atoms with Gasteiger partial charge in [-0.05, 0) is 50.8 Å². The Kier molecular flexibility index (Phi) is 6.00. The first-order chi connectivity index (χ1) is 11.7. The Morgan fingerprint density at radius 2 is 2.04 bits per heavy atom. The van der Waals surface area contributed by atoms with Gasteiger partial charge in [0.15, 0.2) is 0 Å². The third kappa shape index (κ3) is 4.03. The highest BCUT2D eigenvalue weighted by atomic mass is 79.9. The number of likely N-dealkylation sites (tertiary alicyclic amines) is 1. The maximum Gasteiger partial charge on any atom is 0.256 e. The van der Waals surface area contributed by atoms with Crippen molar-refractivity contribution in [1.29, 1.82) is 0 Å². The summed E-state index contributed by atoms with van der Waals surface area (Å²) >= 11 is 3.55. The van der Waals surface area contributed by atoms with Crippen molar-refractivity contribution in [2.45, 2.75) is 38.1 Å². The van der Waals surface area contributed by atoms with Crippen molar-refractivity contribution >= 4 is 33.2 Å². The first-order valence-electron chi connectivity index (χ1n) is 8.97. The number of piperidine rings is 2. The third-order valence-corrected chi connectivity index (χ3v) is 5.35. The van der Waals surface area contributed by atoms with E-state index in [1.54, 1.807) is 0 Å². The Morgan fingerprint density at radius 1 is 1.25 bits per heavy atom. The van der Waals surface area contributed by atoms with Gasteiger partial charge in [0.25, 0.3) is 5.91 Å². The van der Waals surface area contributed by atoms with E-state index in [-0.39, 0.29) is 5.91 Å². The lowest BCUT2D eigenvalue weighted by atomic mass is 10.0. The molecule has 0 bridgehead atoms. The average Bonchev–Trinajstić information content (AvgIpc) is 2.63. The van der Waals surface area contributed by atoms with Gasteiger partial charge in [-0.3, -0.25) is 4.79 Å². The van der Waals surface area contributed by atoms with Crippen LogP contribution in [-0.2, 0) is 0 Å². The summed E-state index contributed by atoms with van der Waals surface area (Å²) in [6, 6.07) is 4.35. The van der Waals surface area contributed by atoms with Crippen LogP contribution in [0.15, 0.2) is 16.6 Å². The Hall–Kier alpha value is -1.27. The monoisotopic (exact) mass is 394 g/mol. The normalized spacial score (nSPS) is 21.4. The molecular formula is C18H27BrN4O. The topological polar surface area (TPSA) is 56.4 Å². The number of benzene rings is 1. The second-order valence-electron chi connectivity index (χ2n) is 6.67. The Balaban J connectivity index is 1.90. The van der Waals surface area contributed by atoms with E-state index in [1.807, 2.05) is 24.1 Å². The highest BCUT2D eigenvalue weighted by molar-refractivity contribution is 9.10. The van der Waals surface area contributed by atoms with Crippen LogP contribution in [0.25, 0.3) is 0 Å². The zero-order chi connectivity index (χ0) is 16.9. The van der Waals surface area contributed by atoms with Gasteiger partial charge in [0.2, 0.25) is 0 Å². The molecule has 24 heavy (non-hydrogen) atoms. The molecule has 2 saturated heterocycles. The molecule has 0 unspecified atom stereocenters. The number of hydrogen-bond acceptors (Lipinski definition) is 4. The number of amides is 1. The largest absolute Gasteiger partial charge is 0.386 e. The van der Waals surface area contributed by atoms with Crippen molar-refractivity contribution in [3.05, 3.63) is 22.2 Å². The summed E-state index contributed by atoms with van der Waals surface area (Å²) in [6.45, 7) is 3.75. The molecule has 2 aliphatic rings. The Bertz CT molecular complexity index is 581. The summed E-state index contributed by atoms with van der Waals surface area (Å²) in [7, 11) is 1.90. The zero-order valence-corrected chi connectivity index (χ0v) is 15.9. The minimum Gasteiger partial charge on any atom is -0.386 e. The number of anilines is 2. The van der Waals surface area contributed by atoms with Crippen LogP contribution in [0.4, 0.5) is 11.4 Å². The molecule has 3 rings (SSSR count). The van der Waals surface area contributed by atoms with Gasteiger partial charge < -0.3 is 20.9 Å². The van der Waals surface area contributed by atoms with Crippen LogP contribution in [0, 0.1) is 0 Å². The maximum absolute atomic E-state index is 13.1. The molecule has 132 valence electrons. The zero-order valence-electron chi connectivity index (χ0n) is 14.3. The summed E-state index contributed by atoms with van der Waals surface area (Å²) in [5.41, 5.74) is 2.67. The van der Waals surface area contributed by atoms with Gasteiger partial charge in [-0.2, -0.15) is 0 Å². The molecule has 1 atom stereocenters. The highest BCUT2D eigenvalue weighted by Crippen LogP contribution is 2.33. The van der Waals surface area contributed by atoms with Gasteiger partial charge in [0.05, 0.1) is 16.9 Å². The van der Waals surface area contributed by atoms with Crippen LogP contribution in [0.5, 0.6) is 0 Å². The molecule has 5 nitrogen and oxygen atoms in total. The van der Waals surface area contributed by atoms with E-state index in [4.69, 9.17) is 0 Å². The first-order valence-corrected chi connectivity index (χ1v) is 9.76. The molecular weight excluding hydrogens is 368 g/mol. The standard InChI is InChI=1S/C18H27BrN4O/c1-20-16-11-13(19)10-15(18(24)23-8-3-2-4-9-23)17(16)22-14-6-5-7-21-12-14/h10-11,14,20-22H,2-9,12H2,1H3/t14-/m1/s1. The van der Waals surface area contributed by atoms with E-state index in [1.165, 1.54) is 12.8 Å². The summed E-state index contributed by atoms with van der Waals surface area (Å²) in [6.07, 6.45) is 5.73. The Labute approximate surface area is 152 Å². The molecule has 2 aliphatic heterocycles. The second kappa shape index (κ2) is 8.21. The molecule has 3 N–H and O–H groups in total. The molecule has 2 fully saturated rings. The quantitative estimate of drug-likeness (QED) is 0.733. The van der Waals surface area contributed by atoms with Crippen LogP contribution in [0.2, 0.25) is 0 Å². The maximum atomic E-state index is 13.1. The van der Waals surface area contributed by atoms with Crippen molar-refractivity contribution in [3.8, 4) is 0 Å². The average molecular weight is 395 g/mol. The number of halogens is 1. The van der Waals surface area contributed by atoms with E-state index in [0.717, 1.165) is 66.9 Å². The highest BCUT2D eigenvalue weighted by Gasteiger charge is 2.24. The fourth-order valence-corrected chi connectivity index (χ4v) is 4.03. The molecule has 6 heteroatoms. The van der Waals surface area contributed by atoms with Crippen molar-refractivity contribution in [3.63, 3.8) is 0 Å². The molecule has 0 spiro atoms. The van der Waals surface area contributed by atoms with Crippen molar-refractivity contribution in [2.75, 3.05) is 43.9 Å². The fourth-order valence-electron chi connectivity index (χ4n) is 3.57. The van der Waals surface area contributed by atoms with E-state index in [2.05, 4.69) is 31.9 Å². The Morgan fingerprint density at radius 3 is 2.71 bits per heavy atom. The van der Waals surface area contributed by atoms with Crippen LogP contribution in [-0.4, -0.2) is 50.1 Å². The molecule has 0 radical (unpaired) electrons. The molecule has 1 aromatic carbocycles. The summed E-state index contributed by atoms with van der Waals surface area (Å²) in [5.74, 6) is 0.138. The van der Waals surface area contributed by atoms with Gasteiger partial charge in [-0.15, -0.1) is 0 Å². The second-order valence-corrected chi connectivity index (χ2v) is 7.58. The summed E-state index contributed by atoms with van der Waals surface area (Å²) in [4.78, 5) is 15.1. The SMILES string of the molecule is CNc1cc(Br)cc(C(=O)N2CCCCC2)c1N[C@@H]1CCCNC1. The van der Waals surface area contributed by atoms with Crippen molar-refractivity contribution in [2.24, 2.45) is 0 Å². The smallest absolute Gasteiger partial charge is 0.256 e.